The highest BCUT2D eigenvalue weighted by atomic mass is 16.5. The lowest BCUT2D eigenvalue weighted by atomic mass is 10.3. The van der Waals surface area contributed by atoms with E-state index >= 15 is 0 Å². The SMILES string of the molecule is COCCOCCNCc1ccoc1. The molecule has 1 N–H and O–H groups in total. The summed E-state index contributed by atoms with van der Waals surface area (Å²) in [6.45, 7) is 3.69. The van der Waals surface area contributed by atoms with Gasteiger partial charge >= 0.3 is 0 Å². The summed E-state index contributed by atoms with van der Waals surface area (Å²) >= 11 is 0. The Morgan fingerprint density at radius 2 is 2.29 bits per heavy atom. The molecule has 1 aromatic heterocycles. The summed E-state index contributed by atoms with van der Waals surface area (Å²) in [4.78, 5) is 0. The van der Waals surface area contributed by atoms with Crippen LogP contribution in [0.1, 0.15) is 5.56 Å². The molecule has 0 saturated carbocycles. The van der Waals surface area contributed by atoms with Gasteiger partial charge in [0, 0.05) is 25.8 Å². The van der Waals surface area contributed by atoms with Crippen LogP contribution in [-0.4, -0.2) is 33.5 Å². The molecule has 0 aliphatic heterocycles. The molecule has 14 heavy (non-hydrogen) atoms. The van der Waals surface area contributed by atoms with Crippen LogP contribution in [0.2, 0.25) is 0 Å². The van der Waals surface area contributed by atoms with Crippen LogP contribution in [0.4, 0.5) is 0 Å². The molecule has 1 heterocycles. The Hall–Kier alpha value is -0.840. The molecule has 1 aromatic rings. The fourth-order valence-corrected chi connectivity index (χ4v) is 1.01. The maximum absolute atomic E-state index is 5.28. The van der Waals surface area contributed by atoms with Crippen molar-refractivity contribution in [1.29, 1.82) is 0 Å². The number of methoxy groups -OCH3 is 1. The lowest BCUT2D eigenvalue weighted by Gasteiger charge is -2.04. The Morgan fingerprint density at radius 3 is 3.00 bits per heavy atom. The fourth-order valence-electron chi connectivity index (χ4n) is 1.01. The number of hydrogen-bond donors (Lipinski definition) is 1. The summed E-state index contributed by atoms with van der Waals surface area (Å²) in [5.74, 6) is 0. The second kappa shape index (κ2) is 7.55. The molecule has 0 radical (unpaired) electrons. The molecule has 0 amide bonds. The second-order valence-electron chi connectivity index (χ2n) is 2.91. The molecule has 0 spiro atoms. The van der Waals surface area contributed by atoms with Crippen LogP contribution in [-0.2, 0) is 16.0 Å². The first-order valence-electron chi connectivity index (χ1n) is 4.72. The Bertz CT molecular complexity index is 211. The number of furan rings is 1. The third-order valence-corrected chi connectivity index (χ3v) is 1.76. The van der Waals surface area contributed by atoms with Gasteiger partial charge in [-0.2, -0.15) is 0 Å². The van der Waals surface area contributed by atoms with E-state index < -0.39 is 0 Å². The molecule has 0 saturated heterocycles. The van der Waals surface area contributed by atoms with E-state index in [1.54, 1.807) is 19.6 Å². The van der Waals surface area contributed by atoms with E-state index in [0.29, 0.717) is 19.8 Å². The quantitative estimate of drug-likeness (QED) is 0.635. The van der Waals surface area contributed by atoms with Gasteiger partial charge in [-0.1, -0.05) is 0 Å². The van der Waals surface area contributed by atoms with Gasteiger partial charge in [-0.25, -0.2) is 0 Å². The maximum atomic E-state index is 5.28. The van der Waals surface area contributed by atoms with Gasteiger partial charge in [0.25, 0.3) is 0 Å². The van der Waals surface area contributed by atoms with E-state index in [4.69, 9.17) is 13.9 Å². The van der Waals surface area contributed by atoms with Gasteiger partial charge in [0.1, 0.15) is 0 Å². The van der Waals surface area contributed by atoms with Crippen LogP contribution in [0.25, 0.3) is 0 Å². The first kappa shape index (κ1) is 11.2. The van der Waals surface area contributed by atoms with Crippen molar-refractivity contribution in [1.82, 2.24) is 5.32 Å². The maximum Gasteiger partial charge on any atom is 0.0947 e. The fraction of sp³-hybridized carbons (Fsp3) is 0.600. The zero-order valence-electron chi connectivity index (χ0n) is 8.49. The minimum atomic E-state index is 0.654. The minimum absolute atomic E-state index is 0.654. The molecule has 4 nitrogen and oxygen atoms in total. The van der Waals surface area contributed by atoms with Crippen molar-refractivity contribution in [3.63, 3.8) is 0 Å². The highest BCUT2D eigenvalue weighted by Crippen LogP contribution is 1.97. The van der Waals surface area contributed by atoms with E-state index in [9.17, 15) is 0 Å². The van der Waals surface area contributed by atoms with E-state index in [1.807, 2.05) is 6.07 Å². The molecule has 0 fully saturated rings. The summed E-state index contributed by atoms with van der Waals surface area (Å²) in [7, 11) is 1.67. The predicted molar refractivity (Wildman–Crippen MR) is 53.1 cm³/mol. The molecule has 0 aliphatic carbocycles. The third-order valence-electron chi connectivity index (χ3n) is 1.76. The average molecular weight is 199 g/mol. The van der Waals surface area contributed by atoms with Gasteiger partial charge in [-0.3, -0.25) is 0 Å². The number of nitrogens with one attached hydrogen (secondary N) is 1. The van der Waals surface area contributed by atoms with Crippen LogP contribution >= 0.6 is 0 Å². The molecular formula is C10H17NO3. The van der Waals surface area contributed by atoms with Crippen molar-refractivity contribution in [2.75, 3.05) is 33.5 Å². The highest BCUT2D eigenvalue weighted by molar-refractivity contribution is 5.04. The number of ether oxygens (including phenoxy) is 2. The minimum Gasteiger partial charge on any atom is -0.472 e. The largest absolute Gasteiger partial charge is 0.472 e. The lowest BCUT2D eigenvalue weighted by Crippen LogP contribution is -2.19. The van der Waals surface area contributed by atoms with Crippen molar-refractivity contribution < 1.29 is 13.9 Å². The van der Waals surface area contributed by atoms with Crippen molar-refractivity contribution in [3.05, 3.63) is 24.2 Å². The van der Waals surface area contributed by atoms with Gasteiger partial charge in [0.2, 0.25) is 0 Å². The Kier molecular flexibility index (Phi) is 6.06. The highest BCUT2D eigenvalue weighted by Gasteiger charge is 1.93. The van der Waals surface area contributed by atoms with Gasteiger partial charge in [0.15, 0.2) is 0 Å². The molecule has 80 valence electrons. The van der Waals surface area contributed by atoms with Crippen molar-refractivity contribution >= 4 is 0 Å². The Morgan fingerprint density at radius 1 is 1.36 bits per heavy atom. The number of hydrogen-bond acceptors (Lipinski definition) is 4. The van der Waals surface area contributed by atoms with Crippen molar-refractivity contribution in [2.45, 2.75) is 6.54 Å². The van der Waals surface area contributed by atoms with Crippen LogP contribution in [0.3, 0.4) is 0 Å². The molecule has 0 aromatic carbocycles. The summed E-state index contributed by atoms with van der Waals surface area (Å²) < 4.78 is 15.1. The molecule has 1 rings (SSSR count). The molecule has 0 aliphatic rings. The summed E-state index contributed by atoms with van der Waals surface area (Å²) in [5.41, 5.74) is 1.15. The van der Waals surface area contributed by atoms with Gasteiger partial charge in [-0.05, 0) is 6.07 Å². The zero-order valence-corrected chi connectivity index (χ0v) is 8.49. The molecule has 0 atom stereocenters. The smallest absolute Gasteiger partial charge is 0.0947 e. The topological polar surface area (TPSA) is 43.6 Å². The van der Waals surface area contributed by atoms with Crippen molar-refractivity contribution in [3.8, 4) is 0 Å². The Balaban J connectivity index is 1.85. The van der Waals surface area contributed by atoms with Crippen LogP contribution in [0.5, 0.6) is 0 Å². The van der Waals surface area contributed by atoms with Gasteiger partial charge < -0.3 is 19.2 Å². The number of rotatable bonds is 8. The monoisotopic (exact) mass is 199 g/mol. The standard InChI is InChI=1S/C10H17NO3/c1-12-6-7-13-5-3-11-8-10-2-4-14-9-10/h2,4,9,11H,3,5-8H2,1H3. The Labute approximate surface area is 84.2 Å². The molecule has 4 heteroatoms. The normalized spacial score (nSPS) is 10.6. The molecule has 0 bridgehead atoms. The summed E-state index contributed by atoms with van der Waals surface area (Å²) in [6, 6.07) is 1.94. The first-order chi connectivity index (χ1) is 6.93. The third kappa shape index (κ3) is 5.01. The lowest BCUT2D eigenvalue weighted by molar-refractivity contribution is 0.0719. The summed E-state index contributed by atoms with van der Waals surface area (Å²) in [5, 5.41) is 3.24. The van der Waals surface area contributed by atoms with Crippen LogP contribution in [0, 0.1) is 0 Å². The summed E-state index contributed by atoms with van der Waals surface area (Å²) in [6.07, 6.45) is 3.41. The van der Waals surface area contributed by atoms with E-state index in [-0.39, 0.29) is 0 Å². The van der Waals surface area contributed by atoms with Crippen molar-refractivity contribution in [2.24, 2.45) is 0 Å². The molecule has 0 unspecified atom stereocenters. The van der Waals surface area contributed by atoms with E-state index in [0.717, 1.165) is 18.7 Å². The van der Waals surface area contributed by atoms with E-state index in [2.05, 4.69) is 5.32 Å². The first-order valence-corrected chi connectivity index (χ1v) is 4.72. The second-order valence-corrected chi connectivity index (χ2v) is 2.91. The molecular weight excluding hydrogens is 182 g/mol. The van der Waals surface area contributed by atoms with E-state index in [1.165, 1.54) is 0 Å². The van der Waals surface area contributed by atoms with Crippen LogP contribution in [0.15, 0.2) is 23.0 Å². The van der Waals surface area contributed by atoms with Gasteiger partial charge in [0.05, 0.1) is 32.3 Å². The predicted octanol–water partition coefficient (Wildman–Crippen LogP) is 1.03. The zero-order chi connectivity index (χ0) is 10.1. The average Bonchev–Trinajstić information content (AvgIpc) is 2.69. The van der Waals surface area contributed by atoms with Crippen LogP contribution < -0.4 is 5.32 Å². The van der Waals surface area contributed by atoms with Gasteiger partial charge in [-0.15, -0.1) is 0 Å².